The number of hydrogen-bond donors (Lipinski definition) is 0. The van der Waals surface area contributed by atoms with E-state index in [-0.39, 0.29) is 30.4 Å². The highest BCUT2D eigenvalue weighted by Crippen LogP contribution is 2.16. The molecule has 3 rings (SSSR count). The first-order valence-electron chi connectivity index (χ1n) is 9.16. The predicted octanol–water partition coefficient (Wildman–Crippen LogP) is 3.31. The van der Waals surface area contributed by atoms with Gasteiger partial charge < -0.3 is 9.80 Å². The van der Waals surface area contributed by atoms with Gasteiger partial charge in [-0.1, -0.05) is 12.1 Å². The van der Waals surface area contributed by atoms with E-state index < -0.39 is 0 Å². The quantitative estimate of drug-likeness (QED) is 0.743. The molecule has 27 heavy (non-hydrogen) atoms. The van der Waals surface area contributed by atoms with Gasteiger partial charge in [0.1, 0.15) is 0 Å². The molecule has 142 valence electrons. The summed E-state index contributed by atoms with van der Waals surface area (Å²) in [6.07, 6.45) is 0.461. The summed E-state index contributed by atoms with van der Waals surface area (Å²) >= 11 is 1.40. The number of aryl methyl sites for hydroxylation is 2. The molecule has 0 aliphatic carbocycles. The maximum absolute atomic E-state index is 12.7. The molecule has 1 saturated heterocycles. The molecule has 0 N–H and O–H groups in total. The van der Waals surface area contributed by atoms with Gasteiger partial charge in [0.15, 0.2) is 5.78 Å². The summed E-state index contributed by atoms with van der Waals surface area (Å²) in [5.41, 5.74) is 2.96. The van der Waals surface area contributed by atoms with Crippen LogP contribution in [-0.2, 0) is 4.79 Å². The van der Waals surface area contributed by atoms with E-state index in [1.807, 2.05) is 43.5 Å². The highest BCUT2D eigenvalue weighted by Gasteiger charge is 2.25. The van der Waals surface area contributed by atoms with E-state index in [2.05, 4.69) is 0 Å². The van der Waals surface area contributed by atoms with Gasteiger partial charge in [-0.25, -0.2) is 0 Å². The molecule has 2 heterocycles. The molecule has 0 bridgehead atoms. The first kappa shape index (κ1) is 19.3. The minimum atomic E-state index is -0.0156. The molecular weight excluding hydrogens is 360 g/mol. The van der Waals surface area contributed by atoms with Crippen molar-refractivity contribution in [1.82, 2.24) is 9.80 Å². The Kier molecular flexibility index (Phi) is 6.06. The summed E-state index contributed by atoms with van der Waals surface area (Å²) in [6, 6.07) is 9.37. The van der Waals surface area contributed by atoms with Gasteiger partial charge in [0.05, 0.1) is 4.88 Å². The van der Waals surface area contributed by atoms with E-state index in [1.54, 1.807) is 15.9 Å². The lowest BCUT2D eigenvalue weighted by atomic mass is 10.1. The summed E-state index contributed by atoms with van der Waals surface area (Å²) in [7, 11) is 0. The summed E-state index contributed by atoms with van der Waals surface area (Å²) in [5, 5.41) is 1.86. The zero-order valence-corrected chi connectivity index (χ0v) is 16.6. The first-order valence-corrected chi connectivity index (χ1v) is 10.0. The van der Waals surface area contributed by atoms with Crippen molar-refractivity contribution in [2.45, 2.75) is 26.7 Å². The molecule has 0 spiro atoms. The summed E-state index contributed by atoms with van der Waals surface area (Å²) in [5.74, 6) is 0.0122. The van der Waals surface area contributed by atoms with Gasteiger partial charge in [-0.2, -0.15) is 0 Å². The Morgan fingerprint density at radius 2 is 1.63 bits per heavy atom. The molecule has 6 heteroatoms. The average molecular weight is 385 g/mol. The van der Waals surface area contributed by atoms with Crippen LogP contribution in [0.5, 0.6) is 0 Å². The summed E-state index contributed by atoms with van der Waals surface area (Å²) in [4.78, 5) is 41.3. The van der Waals surface area contributed by atoms with Gasteiger partial charge >= 0.3 is 0 Å². The van der Waals surface area contributed by atoms with Crippen LogP contribution in [-0.4, -0.2) is 53.6 Å². The number of piperazine rings is 1. The second kappa shape index (κ2) is 8.48. The summed E-state index contributed by atoms with van der Waals surface area (Å²) in [6.45, 7) is 6.11. The fraction of sp³-hybridized carbons (Fsp3) is 0.381. The molecule has 0 radical (unpaired) electrons. The number of rotatable bonds is 5. The van der Waals surface area contributed by atoms with Crippen LogP contribution < -0.4 is 0 Å². The second-order valence-electron chi connectivity index (χ2n) is 6.87. The van der Waals surface area contributed by atoms with Crippen molar-refractivity contribution in [3.05, 3.63) is 57.3 Å². The van der Waals surface area contributed by atoms with Crippen LogP contribution in [0.15, 0.2) is 35.7 Å². The summed E-state index contributed by atoms with van der Waals surface area (Å²) < 4.78 is 0. The number of carbonyl (C=O) groups excluding carboxylic acids is 3. The van der Waals surface area contributed by atoms with E-state index in [0.717, 1.165) is 5.56 Å². The van der Waals surface area contributed by atoms with E-state index in [4.69, 9.17) is 0 Å². The monoisotopic (exact) mass is 384 g/mol. The zero-order chi connectivity index (χ0) is 19.4. The number of amides is 2. The Bertz CT molecular complexity index is 837. The topological polar surface area (TPSA) is 57.7 Å². The van der Waals surface area contributed by atoms with E-state index in [1.165, 1.54) is 16.9 Å². The standard InChI is InChI=1S/C21H24N2O3S/c1-15-5-6-17(14-16(15)2)21(26)23-11-9-22(10-12-23)20(25)8-7-18(24)19-4-3-13-27-19/h3-6,13-14H,7-12H2,1-2H3. The van der Waals surface area contributed by atoms with Gasteiger partial charge in [-0.05, 0) is 48.6 Å². The molecule has 1 aromatic carbocycles. The molecule has 1 fully saturated rings. The fourth-order valence-corrected chi connectivity index (χ4v) is 3.85. The molecule has 1 aromatic heterocycles. The van der Waals surface area contributed by atoms with Crippen molar-refractivity contribution in [1.29, 1.82) is 0 Å². The lowest BCUT2D eigenvalue weighted by Crippen LogP contribution is -2.50. The highest BCUT2D eigenvalue weighted by molar-refractivity contribution is 7.12. The van der Waals surface area contributed by atoms with Crippen molar-refractivity contribution in [3.63, 3.8) is 0 Å². The van der Waals surface area contributed by atoms with Gasteiger partial charge in [-0.15, -0.1) is 11.3 Å². The molecule has 2 amide bonds. The van der Waals surface area contributed by atoms with Gasteiger partial charge in [0, 0.05) is 44.6 Å². The van der Waals surface area contributed by atoms with Crippen LogP contribution in [0.4, 0.5) is 0 Å². The molecule has 2 aromatic rings. The van der Waals surface area contributed by atoms with Crippen LogP contribution in [0.2, 0.25) is 0 Å². The fourth-order valence-electron chi connectivity index (χ4n) is 3.15. The maximum atomic E-state index is 12.7. The van der Waals surface area contributed by atoms with Gasteiger partial charge in [-0.3, -0.25) is 14.4 Å². The highest BCUT2D eigenvalue weighted by atomic mass is 32.1. The largest absolute Gasteiger partial charge is 0.339 e. The molecule has 0 unspecified atom stereocenters. The van der Waals surface area contributed by atoms with Crippen LogP contribution in [0.3, 0.4) is 0 Å². The Morgan fingerprint density at radius 3 is 2.26 bits per heavy atom. The van der Waals surface area contributed by atoms with Crippen molar-refractivity contribution in [2.75, 3.05) is 26.2 Å². The third-order valence-corrected chi connectivity index (χ3v) is 5.95. The van der Waals surface area contributed by atoms with Crippen LogP contribution >= 0.6 is 11.3 Å². The van der Waals surface area contributed by atoms with Gasteiger partial charge in [0.2, 0.25) is 5.91 Å². The normalized spacial score (nSPS) is 14.3. The predicted molar refractivity (Wildman–Crippen MR) is 106 cm³/mol. The van der Waals surface area contributed by atoms with E-state index in [9.17, 15) is 14.4 Å². The number of hydrogen-bond acceptors (Lipinski definition) is 4. The molecule has 0 saturated carbocycles. The van der Waals surface area contributed by atoms with E-state index in [0.29, 0.717) is 36.6 Å². The Morgan fingerprint density at radius 1 is 0.926 bits per heavy atom. The lowest BCUT2D eigenvalue weighted by molar-refractivity contribution is -0.132. The van der Waals surface area contributed by atoms with Crippen molar-refractivity contribution in [2.24, 2.45) is 0 Å². The molecule has 1 aliphatic heterocycles. The number of carbonyl (C=O) groups is 3. The molecule has 5 nitrogen and oxygen atoms in total. The van der Waals surface area contributed by atoms with Crippen LogP contribution in [0, 0.1) is 13.8 Å². The lowest BCUT2D eigenvalue weighted by Gasteiger charge is -2.35. The van der Waals surface area contributed by atoms with Crippen molar-refractivity contribution < 1.29 is 14.4 Å². The molecular formula is C21H24N2O3S. The van der Waals surface area contributed by atoms with Crippen molar-refractivity contribution in [3.8, 4) is 0 Å². The smallest absolute Gasteiger partial charge is 0.253 e. The molecule has 0 atom stereocenters. The van der Waals surface area contributed by atoms with Gasteiger partial charge in [0.25, 0.3) is 5.91 Å². The minimum Gasteiger partial charge on any atom is -0.339 e. The van der Waals surface area contributed by atoms with Crippen LogP contribution in [0.25, 0.3) is 0 Å². The zero-order valence-electron chi connectivity index (χ0n) is 15.7. The first-order chi connectivity index (χ1) is 13.0. The third kappa shape index (κ3) is 4.63. The second-order valence-corrected chi connectivity index (χ2v) is 7.82. The molecule has 1 aliphatic rings. The maximum Gasteiger partial charge on any atom is 0.253 e. The van der Waals surface area contributed by atoms with Crippen molar-refractivity contribution >= 4 is 28.9 Å². The number of Topliss-reactive ketones (excluding diaryl/α,β-unsaturated/α-hetero) is 1. The average Bonchev–Trinajstić information content (AvgIpc) is 3.22. The number of benzene rings is 1. The number of ketones is 1. The van der Waals surface area contributed by atoms with E-state index >= 15 is 0 Å². The Hall–Kier alpha value is -2.47. The minimum absolute atomic E-state index is 0.0121. The SMILES string of the molecule is Cc1ccc(C(=O)N2CCN(C(=O)CCC(=O)c3cccs3)CC2)cc1C. The number of thiophene rings is 1. The van der Waals surface area contributed by atoms with Crippen LogP contribution in [0.1, 0.15) is 44.0 Å². The Balaban J connectivity index is 1.49. The number of nitrogens with zero attached hydrogens (tertiary/aromatic N) is 2. The third-order valence-electron chi connectivity index (χ3n) is 5.04. The Labute approximate surface area is 163 Å².